The minimum absolute atomic E-state index is 0.100. The first-order chi connectivity index (χ1) is 8.99. The molecule has 3 nitrogen and oxygen atoms in total. The van der Waals surface area contributed by atoms with Crippen LogP contribution in [-0.2, 0) is 12.0 Å². The van der Waals surface area contributed by atoms with Gasteiger partial charge in [0, 0.05) is 23.5 Å². The van der Waals surface area contributed by atoms with Crippen molar-refractivity contribution in [3.8, 4) is 5.75 Å². The molecule has 1 aromatic heterocycles. The second-order valence-corrected chi connectivity index (χ2v) is 6.38. The molecule has 0 radical (unpaired) electrons. The number of ether oxygens (including phenoxy) is 1. The molecule has 102 valence electrons. The first-order valence-electron chi connectivity index (χ1n) is 6.34. The van der Waals surface area contributed by atoms with Gasteiger partial charge in [-0.2, -0.15) is 0 Å². The van der Waals surface area contributed by atoms with Crippen molar-refractivity contribution in [2.45, 2.75) is 32.8 Å². The molecular weight excluding hydrogens is 256 g/mol. The maximum absolute atomic E-state index is 5.74. The highest BCUT2D eigenvalue weighted by atomic mass is 32.1. The van der Waals surface area contributed by atoms with E-state index in [1.807, 2.05) is 31.3 Å². The van der Waals surface area contributed by atoms with E-state index in [2.05, 4.69) is 36.5 Å². The highest BCUT2D eigenvalue weighted by Crippen LogP contribution is 2.24. The van der Waals surface area contributed by atoms with Crippen LogP contribution in [0.1, 0.15) is 31.5 Å². The Hall–Kier alpha value is -1.55. The average molecular weight is 276 g/mol. The monoisotopic (exact) mass is 276 g/mol. The highest BCUT2D eigenvalue weighted by Gasteiger charge is 2.17. The molecule has 0 aliphatic heterocycles. The van der Waals surface area contributed by atoms with Crippen LogP contribution in [0.15, 0.2) is 29.6 Å². The van der Waals surface area contributed by atoms with Crippen molar-refractivity contribution in [3.63, 3.8) is 0 Å². The fraction of sp³-hybridized carbons (Fsp3) is 0.400. The third-order valence-corrected chi connectivity index (χ3v) is 3.65. The van der Waals surface area contributed by atoms with Crippen LogP contribution in [0, 0.1) is 0 Å². The van der Waals surface area contributed by atoms with Crippen LogP contribution in [0.2, 0.25) is 0 Å². The summed E-state index contributed by atoms with van der Waals surface area (Å²) in [6.45, 7) is 7.04. The summed E-state index contributed by atoms with van der Waals surface area (Å²) in [4.78, 5) is 4.61. The first-order valence-corrected chi connectivity index (χ1v) is 7.22. The second-order valence-electron chi connectivity index (χ2n) is 5.44. The van der Waals surface area contributed by atoms with Crippen molar-refractivity contribution in [3.05, 3.63) is 40.3 Å². The molecule has 19 heavy (non-hydrogen) atoms. The molecule has 4 heteroatoms. The maximum Gasteiger partial charge on any atom is 0.140 e. The number of nitrogens with one attached hydrogen (secondary N) is 1. The van der Waals surface area contributed by atoms with E-state index in [4.69, 9.17) is 4.74 Å². The van der Waals surface area contributed by atoms with Crippen molar-refractivity contribution in [2.24, 2.45) is 0 Å². The molecular formula is C15H20N2OS. The van der Waals surface area contributed by atoms with Crippen LogP contribution < -0.4 is 10.1 Å². The number of aromatic nitrogens is 1. The fourth-order valence-electron chi connectivity index (χ4n) is 1.58. The Balaban J connectivity index is 1.96. The molecule has 0 aliphatic rings. The number of rotatable bonds is 4. The van der Waals surface area contributed by atoms with Crippen LogP contribution in [0.4, 0.5) is 5.69 Å². The Morgan fingerprint density at radius 2 is 1.89 bits per heavy atom. The summed E-state index contributed by atoms with van der Waals surface area (Å²) in [5.74, 6) is 0.867. The zero-order chi connectivity index (χ0) is 13.9. The Kier molecular flexibility index (Phi) is 4.10. The maximum atomic E-state index is 5.74. The topological polar surface area (TPSA) is 34.1 Å². The lowest BCUT2D eigenvalue weighted by molar-refractivity contribution is 0.305. The third-order valence-electron chi connectivity index (χ3n) is 2.83. The molecule has 2 rings (SSSR count). The summed E-state index contributed by atoms with van der Waals surface area (Å²) in [7, 11) is 1.90. The fourth-order valence-corrected chi connectivity index (χ4v) is 2.52. The molecule has 1 aromatic carbocycles. The first kappa shape index (κ1) is 13.9. The Morgan fingerprint density at radius 1 is 1.21 bits per heavy atom. The molecule has 0 aliphatic carbocycles. The lowest BCUT2D eigenvalue weighted by Gasteiger charge is -2.14. The van der Waals surface area contributed by atoms with Gasteiger partial charge in [-0.1, -0.05) is 20.8 Å². The molecule has 0 spiro atoms. The van der Waals surface area contributed by atoms with Crippen LogP contribution in [0.25, 0.3) is 0 Å². The second kappa shape index (κ2) is 5.61. The molecule has 1 heterocycles. The van der Waals surface area contributed by atoms with Gasteiger partial charge in [0.05, 0.1) is 5.69 Å². The lowest BCUT2D eigenvalue weighted by atomic mass is 9.93. The van der Waals surface area contributed by atoms with Gasteiger partial charge in [0.25, 0.3) is 0 Å². The zero-order valence-electron chi connectivity index (χ0n) is 11.9. The summed E-state index contributed by atoms with van der Waals surface area (Å²) >= 11 is 1.65. The van der Waals surface area contributed by atoms with E-state index in [0.29, 0.717) is 6.61 Å². The summed E-state index contributed by atoms with van der Waals surface area (Å²) in [5, 5.41) is 6.21. The number of hydrogen-bond donors (Lipinski definition) is 1. The number of thiazole rings is 1. The summed E-state index contributed by atoms with van der Waals surface area (Å²) in [6, 6.07) is 7.92. The number of anilines is 1. The van der Waals surface area contributed by atoms with E-state index < -0.39 is 0 Å². The van der Waals surface area contributed by atoms with Gasteiger partial charge in [-0.25, -0.2) is 4.98 Å². The summed E-state index contributed by atoms with van der Waals surface area (Å²) in [5.41, 5.74) is 2.31. The number of nitrogens with zero attached hydrogens (tertiary/aromatic N) is 1. The van der Waals surface area contributed by atoms with Gasteiger partial charge < -0.3 is 10.1 Å². The predicted molar refractivity (Wildman–Crippen MR) is 81.1 cm³/mol. The van der Waals surface area contributed by atoms with Crippen LogP contribution in [0.5, 0.6) is 5.75 Å². The third kappa shape index (κ3) is 3.70. The molecule has 0 amide bonds. The van der Waals surface area contributed by atoms with E-state index in [9.17, 15) is 0 Å². The Labute approximate surface area is 118 Å². The SMILES string of the molecule is CNc1ccc(OCc2nc(C(C)(C)C)cs2)cc1. The molecule has 0 saturated heterocycles. The number of benzene rings is 1. The predicted octanol–water partition coefficient (Wildman–Crippen LogP) is 4.06. The average Bonchev–Trinajstić information content (AvgIpc) is 2.86. The van der Waals surface area contributed by atoms with Crippen molar-refractivity contribution < 1.29 is 4.74 Å². The largest absolute Gasteiger partial charge is 0.486 e. The normalized spacial score (nSPS) is 11.4. The van der Waals surface area contributed by atoms with Crippen LogP contribution >= 0.6 is 11.3 Å². The van der Waals surface area contributed by atoms with Gasteiger partial charge in [-0.05, 0) is 24.3 Å². The van der Waals surface area contributed by atoms with Gasteiger partial charge >= 0.3 is 0 Å². The standard InChI is InChI=1S/C15H20N2OS/c1-15(2,3)13-10-19-14(17-13)9-18-12-7-5-11(16-4)6-8-12/h5-8,10,16H,9H2,1-4H3. The smallest absolute Gasteiger partial charge is 0.140 e. The molecule has 0 unspecified atom stereocenters. The summed E-state index contributed by atoms with van der Waals surface area (Å²) in [6.07, 6.45) is 0. The van der Waals surface area contributed by atoms with Crippen LogP contribution in [0.3, 0.4) is 0 Å². The van der Waals surface area contributed by atoms with E-state index >= 15 is 0 Å². The van der Waals surface area contributed by atoms with Gasteiger partial charge in [-0.15, -0.1) is 11.3 Å². The molecule has 2 aromatic rings. The van der Waals surface area contributed by atoms with Gasteiger partial charge in [0.2, 0.25) is 0 Å². The van der Waals surface area contributed by atoms with Gasteiger partial charge in [0.1, 0.15) is 17.4 Å². The Morgan fingerprint density at radius 3 is 2.42 bits per heavy atom. The van der Waals surface area contributed by atoms with E-state index in [1.165, 1.54) is 0 Å². The van der Waals surface area contributed by atoms with Crippen molar-refractivity contribution in [1.29, 1.82) is 0 Å². The van der Waals surface area contributed by atoms with E-state index in [-0.39, 0.29) is 5.41 Å². The van der Waals surface area contributed by atoms with Crippen LogP contribution in [-0.4, -0.2) is 12.0 Å². The van der Waals surface area contributed by atoms with Crippen molar-refractivity contribution >= 4 is 17.0 Å². The van der Waals surface area contributed by atoms with E-state index in [0.717, 1.165) is 22.1 Å². The van der Waals surface area contributed by atoms with Crippen molar-refractivity contribution in [1.82, 2.24) is 4.98 Å². The van der Waals surface area contributed by atoms with Crippen molar-refractivity contribution in [2.75, 3.05) is 12.4 Å². The summed E-state index contributed by atoms with van der Waals surface area (Å²) < 4.78 is 5.74. The lowest BCUT2D eigenvalue weighted by Crippen LogP contribution is -2.11. The minimum Gasteiger partial charge on any atom is -0.486 e. The molecule has 0 saturated carbocycles. The quantitative estimate of drug-likeness (QED) is 0.914. The van der Waals surface area contributed by atoms with Gasteiger partial charge in [-0.3, -0.25) is 0 Å². The molecule has 1 N–H and O–H groups in total. The Bertz CT molecular complexity index is 526. The molecule has 0 bridgehead atoms. The minimum atomic E-state index is 0.100. The van der Waals surface area contributed by atoms with E-state index in [1.54, 1.807) is 11.3 Å². The highest BCUT2D eigenvalue weighted by molar-refractivity contribution is 7.09. The molecule has 0 atom stereocenters. The number of hydrogen-bond acceptors (Lipinski definition) is 4. The van der Waals surface area contributed by atoms with Gasteiger partial charge in [0.15, 0.2) is 0 Å². The molecule has 0 fully saturated rings. The zero-order valence-corrected chi connectivity index (χ0v) is 12.7.